The highest BCUT2D eigenvalue weighted by Gasteiger charge is 2.07. The maximum Gasteiger partial charge on any atom is 0.251 e. The first-order chi connectivity index (χ1) is 9.68. The van der Waals surface area contributed by atoms with Crippen molar-refractivity contribution in [2.75, 3.05) is 6.54 Å². The van der Waals surface area contributed by atoms with Crippen LogP contribution in [-0.4, -0.2) is 22.0 Å². The molecule has 5 heteroatoms. The van der Waals surface area contributed by atoms with E-state index >= 15 is 0 Å². The Balaban J connectivity index is 1.82. The first-order valence-corrected chi connectivity index (χ1v) is 6.53. The summed E-state index contributed by atoms with van der Waals surface area (Å²) in [4.78, 5) is 27.4. The molecule has 20 heavy (non-hydrogen) atoms. The summed E-state index contributed by atoms with van der Waals surface area (Å²) in [5.41, 5.74) is 1.46. The minimum Gasteiger partial charge on any atom is -0.352 e. The van der Waals surface area contributed by atoms with Crippen molar-refractivity contribution in [1.82, 2.24) is 14.9 Å². The third-order valence-corrected chi connectivity index (χ3v) is 3.03. The van der Waals surface area contributed by atoms with Gasteiger partial charge in [-0.1, -0.05) is 6.07 Å². The molecule has 0 aromatic carbocycles. The van der Waals surface area contributed by atoms with Crippen LogP contribution in [-0.2, 0) is 6.54 Å². The van der Waals surface area contributed by atoms with Crippen LogP contribution in [0.5, 0.6) is 0 Å². The predicted octanol–water partition coefficient (Wildman–Crippen LogP) is 1.37. The Bertz CT molecular complexity index is 649. The van der Waals surface area contributed by atoms with E-state index in [-0.39, 0.29) is 11.5 Å². The molecule has 0 aliphatic rings. The van der Waals surface area contributed by atoms with Gasteiger partial charge in [0.25, 0.3) is 5.91 Å². The molecule has 1 amide bonds. The van der Waals surface area contributed by atoms with Gasteiger partial charge in [0.1, 0.15) is 0 Å². The second-order valence-electron chi connectivity index (χ2n) is 4.53. The third-order valence-electron chi connectivity index (χ3n) is 3.03. The van der Waals surface area contributed by atoms with Crippen molar-refractivity contribution in [1.29, 1.82) is 0 Å². The summed E-state index contributed by atoms with van der Waals surface area (Å²) in [5, 5.41) is 2.85. The van der Waals surface area contributed by atoms with Gasteiger partial charge in [-0.15, -0.1) is 0 Å². The zero-order valence-electron chi connectivity index (χ0n) is 11.4. The highest BCUT2D eigenvalue weighted by Crippen LogP contribution is 2.04. The summed E-state index contributed by atoms with van der Waals surface area (Å²) in [6.07, 6.45) is 5.72. The first-order valence-electron chi connectivity index (χ1n) is 6.53. The monoisotopic (exact) mass is 271 g/mol. The van der Waals surface area contributed by atoms with Crippen molar-refractivity contribution in [3.63, 3.8) is 0 Å². The van der Waals surface area contributed by atoms with Gasteiger partial charge in [-0.25, -0.2) is 0 Å². The number of nitrogens with zero attached hydrogens (tertiary/aromatic N) is 2. The molecule has 0 fully saturated rings. The lowest BCUT2D eigenvalue weighted by Gasteiger charge is -2.08. The molecule has 2 rings (SSSR count). The van der Waals surface area contributed by atoms with E-state index in [0.717, 1.165) is 5.56 Å². The van der Waals surface area contributed by atoms with Gasteiger partial charge in [-0.2, -0.15) is 0 Å². The lowest BCUT2D eigenvalue weighted by molar-refractivity contribution is 0.0952. The maximum atomic E-state index is 11.9. The number of carbonyl (C=O) groups excluding carboxylic acids is 1. The number of nitrogens with one attached hydrogen (secondary N) is 1. The minimum atomic E-state index is -0.106. The molecule has 2 aromatic rings. The topological polar surface area (TPSA) is 64.0 Å². The van der Waals surface area contributed by atoms with E-state index in [1.165, 1.54) is 6.07 Å². The molecule has 2 heterocycles. The molecule has 104 valence electrons. The van der Waals surface area contributed by atoms with Crippen molar-refractivity contribution in [2.24, 2.45) is 0 Å². The number of hydrogen-bond acceptors (Lipinski definition) is 3. The van der Waals surface area contributed by atoms with Crippen molar-refractivity contribution < 1.29 is 4.79 Å². The summed E-state index contributed by atoms with van der Waals surface area (Å²) >= 11 is 0. The largest absolute Gasteiger partial charge is 0.352 e. The van der Waals surface area contributed by atoms with Crippen LogP contribution in [0.3, 0.4) is 0 Å². The van der Waals surface area contributed by atoms with Crippen LogP contribution in [0, 0.1) is 6.92 Å². The summed E-state index contributed by atoms with van der Waals surface area (Å²) in [6, 6.07) is 6.76. The Morgan fingerprint density at radius 3 is 2.95 bits per heavy atom. The molecular weight excluding hydrogens is 254 g/mol. The fourth-order valence-electron chi connectivity index (χ4n) is 1.92. The number of aryl methyl sites for hydroxylation is 2. The van der Waals surface area contributed by atoms with Gasteiger partial charge in [-0.05, 0) is 31.0 Å². The highest BCUT2D eigenvalue weighted by molar-refractivity contribution is 5.95. The molecule has 0 radical (unpaired) electrons. The van der Waals surface area contributed by atoms with Crippen molar-refractivity contribution in [3.05, 3.63) is 64.3 Å². The molecule has 0 saturated carbocycles. The van der Waals surface area contributed by atoms with Crippen LogP contribution in [0.2, 0.25) is 0 Å². The average molecular weight is 271 g/mol. The van der Waals surface area contributed by atoms with E-state index < -0.39 is 0 Å². The Morgan fingerprint density at radius 1 is 1.35 bits per heavy atom. The molecular formula is C15H17N3O2. The van der Waals surface area contributed by atoms with E-state index in [1.807, 2.05) is 13.0 Å². The van der Waals surface area contributed by atoms with Crippen LogP contribution in [0.15, 0.2) is 47.7 Å². The van der Waals surface area contributed by atoms with Crippen LogP contribution in [0.4, 0.5) is 0 Å². The minimum absolute atomic E-state index is 0.0243. The van der Waals surface area contributed by atoms with Crippen LogP contribution in [0.1, 0.15) is 22.3 Å². The second kappa shape index (κ2) is 6.65. The van der Waals surface area contributed by atoms with Gasteiger partial charge in [0.05, 0.1) is 0 Å². The third kappa shape index (κ3) is 3.54. The molecule has 0 atom stereocenters. The van der Waals surface area contributed by atoms with Gasteiger partial charge in [0, 0.05) is 43.3 Å². The van der Waals surface area contributed by atoms with Crippen molar-refractivity contribution >= 4 is 5.91 Å². The van der Waals surface area contributed by atoms with Crippen LogP contribution in [0.25, 0.3) is 0 Å². The number of pyridine rings is 2. The normalized spacial score (nSPS) is 10.2. The lowest BCUT2D eigenvalue weighted by Crippen LogP contribution is -2.27. The Kier molecular flexibility index (Phi) is 4.65. The number of aromatic nitrogens is 2. The summed E-state index contributed by atoms with van der Waals surface area (Å²) in [6.45, 7) is 2.97. The van der Waals surface area contributed by atoms with Crippen molar-refractivity contribution in [3.8, 4) is 0 Å². The smallest absolute Gasteiger partial charge is 0.251 e. The quantitative estimate of drug-likeness (QED) is 0.835. The second-order valence-corrected chi connectivity index (χ2v) is 4.53. The molecule has 0 aliphatic heterocycles. The maximum absolute atomic E-state index is 11.9. The van der Waals surface area contributed by atoms with Crippen molar-refractivity contribution in [2.45, 2.75) is 19.9 Å². The zero-order valence-corrected chi connectivity index (χ0v) is 11.4. The molecule has 0 saturated heterocycles. The number of amides is 1. The van der Waals surface area contributed by atoms with Gasteiger partial charge in [0.15, 0.2) is 0 Å². The van der Waals surface area contributed by atoms with Crippen LogP contribution >= 0.6 is 0 Å². The summed E-state index contributed by atoms with van der Waals surface area (Å²) < 4.78 is 1.63. The van der Waals surface area contributed by atoms with E-state index in [9.17, 15) is 9.59 Å². The van der Waals surface area contributed by atoms with E-state index in [0.29, 0.717) is 25.1 Å². The van der Waals surface area contributed by atoms with E-state index in [1.54, 1.807) is 35.3 Å². The molecule has 2 aromatic heterocycles. The SMILES string of the molecule is Cc1cnccc1C(=O)NCCCn1ccccc1=O. The molecule has 1 N–H and O–H groups in total. The molecule has 0 aliphatic carbocycles. The van der Waals surface area contributed by atoms with Gasteiger partial charge < -0.3 is 9.88 Å². The fraction of sp³-hybridized carbons (Fsp3) is 0.267. The number of rotatable bonds is 5. The first kappa shape index (κ1) is 14.0. The molecule has 0 bridgehead atoms. The summed E-state index contributed by atoms with van der Waals surface area (Å²) in [5.74, 6) is -0.106. The van der Waals surface area contributed by atoms with Gasteiger partial charge >= 0.3 is 0 Å². The summed E-state index contributed by atoms with van der Waals surface area (Å²) in [7, 11) is 0. The zero-order chi connectivity index (χ0) is 14.4. The highest BCUT2D eigenvalue weighted by atomic mass is 16.1. The predicted molar refractivity (Wildman–Crippen MR) is 76.6 cm³/mol. The Hall–Kier alpha value is -2.43. The van der Waals surface area contributed by atoms with Crippen LogP contribution < -0.4 is 10.9 Å². The number of carbonyl (C=O) groups is 1. The van der Waals surface area contributed by atoms with Gasteiger partial charge in [0.2, 0.25) is 5.56 Å². The van der Waals surface area contributed by atoms with E-state index in [2.05, 4.69) is 10.3 Å². The van der Waals surface area contributed by atoms with E-state index in [4.69, 9.17) is 0 Å². The molecule has 0 unspecified atom stereocenters. The average Bonchev–Trinajstić information content (AvgIpc) is 2.45. The molecule has 5 nitrogen and oxygen atoms in total. The number of hydrogen-bond donors (Lipinski definition) is 1. The Labute approximate surface area is 117 Å². The standard InChI is InChI=1S/C15H17N3O2/c1-12-11-16-8-6-13(12)15(20)17-7-4-10-18-9-3-2-5-14(18)19/h2-3,5-6,8-9,11H,4,7,10H2,1H3,(H,17,20). The molecule has 0 spiro atoms. The van der Waals surface area contributed by atoms with Gasteiger partial charge in [-0.3, -0.25) is 14.6 Å². The Morgan fingerprint density at radius 2 is 2.20 bits per heavy atom. The fourth-order valence-corrected chi connectivity index (χ4v) is 1.92. The lowest BCUT2D eigenvalue weighted by atomic mass is 10.1.